The zero-order valence-electron chi connectivity index (χ0n) is 15.5. The summed E-state index contributed by atoms with van der Waals surface area (Å²) in [4.78, 5) is 25.0. The van der Waals surface area contributed by atoms with Gasteiger partial charge in [0.2, 0.25) is 0 Å². The highest BCUT2D eigenvalue weighted by Gasteiger charge is 2.19. The molecule has 1 heterocycles. The highest BCUT2D eigenvalue weighted by Crippen LogP contribution is 2.38. The summed E-state index contributed by atoms with van der Waals surface area (Å²) in [6.07, 6.45) is 0.761. The molecule has 8 nitrogen and oxygen atoms in total. The minimum Gasteiger partial charge on any atom is -0.489 e. The molecule has 0 fully saturated rings. The van der Waals surface area contributed by atoms with E-state index < -0.39 is 10.8 Å². The molecule has 1 amide bonds. The first-order valence-electron chi connectivity index (χ1n) is 8.69. The number of ether oxygens (including phenoxy) is 2. The molecular formula is C19H20ClN3O5. The second kappa shape index (κ2) is 8.35. The third-order valence-corrected chi connectivity index (χ3v) is 4.51. The second-order valence-corrected chi connectivity index (χ2v) is 6.90. The summed E-state index contributed by atoms with van der Waals surface area (Å²) in [7, 11) is 3.53. The van der Waals surface area contributed by atoms with Crippen molar-refractivity contribution >= 4 is 28.9 Å². The third kappa shape index (κ3) is 4.28. The standard InChI is InChI=1S/C19H20ClN3O5/c1-22(2)16-5-4-13(23(25)26)10-14(16)19(24)21-11-12-8-15(20)18-17(9-12)27-6-3-7-28-18/h4-5,8-10H,3,6-7,11H2,1-2H3,(H,21,24). The Hall–Kier alpha value is -3.00. The molecule has 28 heavy (non-hydrogen) atoms. The number of carbonyl (C=O) groups is 1. The van der Waals surface area contributed by atoms with Gasteiger partial charge in [0.15, 0.2) is 11.5 Å². The number of hydrogen-bond donors (Lipinski definition) is 1. The van der Waals surface area contributed by atoms with Crippen LogP contribution in [0.2, 0.25) is 5.02 Å². The fourth-order valence-electron chi connectivity index (χ4n) is 2.87. The largest absolute Gasteiger partial charge is 0.489 e. The van der Waals surface area contributed by atoms with Gasteiger partial charge < -0.3 is 19.7 Å². The van der Waals surface area contributed by atoms with Crippen molar-refractivity contribution in [3.05, 3.63) is 56.6 Å². The fraction of sp³-hybridized carbons (Fsp3) is 0.316. The van der Waals surface area contributed by atoms with E-state index in [1.54, 1.807) is 37.2 Å². The molecule has 1 N–H and O–H groups in total. The normalized spacial score (nSPS) is 12.8. The Morgan fingerprint density at radius 1 is 1.25 bits per heavy atom. The number of carbonyl (C=O) groups excluding carboxylic acids is 1. The van der Waals surface area contributed by atoms with E-state index in [2.05, 4.69) is 5.32 Å². The van der Waals surface area contributed by atoms with Gasteiger partial charge in [-0.3, -0.25) is 14.9 Å². The number of nitrogens with zero attached hydrogens (tertiary/aromatic N) is 2. The Balaban J connectivity index is 1.81. The molecule has 1 aliphatic rings. The van der Waals surface area contributed by atoms with Crippen LogP contribution in [0.1, 0.15) is 22.3 Å². The molecule has 0 aromatic heterocycles. The average Bonchev–Trinajstić information content (AvgIpc) is 2.91. The van der Waals surface area contributed by atoms with E-state index in [9.17, 15) is 14.9 Å². The highest BCUT2D eigenvalue weighted by molar-refractivity contribution is 6.32. The molecule has 2 aromatic rings. The summed E-state index contributed by atoms with van der Waals surface area (Å²) in [6, 6.07) is 7.67. The monoisotopic (exact) mass is 405 g/mol. The lowest BCUT2D eigenvalue weighted by Crippen LogP contribution is -2.25. The van der Waals surface area contributed by atoms with E-state index in [1.807, 2.05) is 0 Å². The zero-order valence-corrected chi connectivity index (χ0v) is 16.3. The molecule has 0 atom stereocenters. The van der Waals surface area contributed by atoms with Gasteiger partial charge in [0.25, 0.3) is 11.6 Å². The van der Waals surface area contributed by atoms with Crippen molar-refractivity contribution in [1.29, 1.82) is 0 Å². The van der Waals surface area contributed by atoms with Crippen LogP contribution in [0.15, 0.2) is 30.3 Å². The molecule has 0 spiro atoms. The van der Waals surface area contributed by atoms with Crippen LogP contribution in [0.4, 0.5) is 11.4 Å². The van der Waals surface area contributed by atoms with Crippen LogP contribution in [0.5, 0.6) is 11.5 Å². The number of nitrogens with one attached hydrogen (secondary N) is 1. The molecule has 0 unspecified atom stereocenters. The SMILES string of the molecule is CN(C)c1ccc([N+](=O)[O-])cc1C(=O)NCc1cc(Cl)c2c(c1)OCCCO2. The van der Waals surface area contributed by atoms with Crippen molar-refractivity contribution in [2.24, 2.45) is 0 Å². The number of fused-ring (bicyclic) bond motifs is 1. The predicted molar refractivity (Wildman–Crippen MR) is 106 cm³/mol. The fourth-order valence-corrected chi connectivity index (χ4v) is 3.16. The molecule has 1 aliphatic heterocycles. The van der Waals surface area contributed by atoms with Crippen LogP contribution in [-0.2, 0) is 6.54 Å². The van der Waals surface area contributed by atoms with Crippen molar-refractivity contribution in [1.82, 2.24) is 5.32 Å². The quantitative estimate of drug-likeness (QED) is 0.605. The van der Waals surface area contributed by atoms with E-state index >= 15 is 0 Å². The number of hydrogen-bond acceptors (Lipinski definition) is 6. The van der Waals surface area contributed by atoms with Gasteiger partial charge in [-0.05, 0) is 23.8 Å². The van der Waals surface area contributed by atoms with Crippen molar-refractivity contribution < 1.29 is 19.2 Å². The number of nitro benzene ring substituents is 1. The number of halogens is 1. The maximum Gasteiger partial charge on any atom is 0.270 e. The summed E-state index contributed by atoms with van der Waals surface area (Å²) in [5.74, 6) is 0.622. The average molecular weight is 406 g/mol. The lowest BCUT2D eigenvalue weighted by molar-refractivity contribution is -0.384. The number of anilines is 1. The van der Waals surface area contributed by atoms with E-state index in [-0.39, 0.29) is 17.8 Å². The summed E-state index contributed by atoms with van der Waals surface area (Å²) in [5.41, 5.74) is 1.40. The van der Waals surface area contributed by atoms with Crippen LogP contribution in [0.3, 0.4) is 0 Å². The van der Waals surface area contributed by atoms with E-state index in [0.29, 0.717) is 35.4 Å². The van der Waals surface area contributed by atoms with E-state index in [0.717, 1.165) is 12.0 Å². The van der Waals surface area contributed by atoms with Crippen molar-refractivity contribution in [3.63, 3.8) is 0 Å². The molecular weight excluding hydrogens is 386 g/mol. The van der Waals surface area contributed by atoms with Crippen LogP contribution in [-0.4, -0.2) is 38.1 Å². The first-order chi connectivity index (χ1) is 13.4. The Bertz CT molecular complexity index is 917. The molecule has 2 aromatic carbocycles. The first kappa shape index (κ1) is 19.8. The highest BCUT2D eigenvalue weighted by atomic mass is 35.5. The molecule has 148 valence electrons. The van der Waals surface area contributed by atoms with Crippen LogP contribution in [0.25, 0.3) is 0 Å². The molecule has 0 bridgehead atoms. The van der Waals surface area contributed by atoms with Gasteiger partial charge in [0, 0.05) is 44.9 Å². The second-order valence-electron chi connectivity index (χ2n) is 6.49. The summed E-state index contributed by atoms with van der Waals surface area (Å²) in [5, 5.41) is 14.3. The van der Waals surface area contributed by atoms with Crippen molar-refractivity contribution in [2.45, 2.75) is 13.0 Å². The summed E-state index contributed by atoms with van der Waals surface area (Å²) in [6.45, 7) is 1.24. The predicted octanol–water partition coefficient (Wildman–Crippen LogP) is 3.41. The van der Waals surface area contributed by atoms with Gasteiger partial charge in [0.1, 0.15) is 0 Å². The van der Waals surface area contributed by atoms with Crippen molar-refractivity contribution in [3.8, 4) is 11.5 Å². The van der Waals surface area contributed by atoms with Gasteiger partial charge in [-0.1, -0.05) is 11.6 Å². The van der Waals surface area contributed by atoms with Gasteiger partial charge in [-0.2, -0.15) is 0 Å². The van der Waals surface area contributed by atoms with Crippen molar-refractivity contribution in [2.75, 3.05) is 32.2 Å². The Labute approximate surface area is 167 Å². The van der Waals surface area contributed by atoms with E-state index in [1.165, 1.54) is 12.1 Å². The molecule has 0 radical (unpaired) electrons. The molecule has 0 saturated heterocycles. The van der Waals surface area contributed by atoms with Crippen LogP contribution in [0, 0.1) is 10.1 Å². The third-order valence-electron chi connectivity index (χ3n) is 4.23. The molecule has 9 heteroatoms. The first-order valence-corrected chi connectivity index (χ1v) is 9.06. The van der Waals surface area contributed by atoms with Crippen LogP contribution < -0.4 is 19.7 Å². The zero-order chi connectivity index (χ0) is 20.3. The van der Waals surface area contributed by atoms with Gasteiger partial charge >= 0.3 is 0 Å². The van der Waals surface area contributed by atoms with Gasteiger partial charge in [-0.25, -0.2) is 0 Å². The lowest BCUT2D eigenvalue weighted by atomic mass is 10.1. The van der Waals surface area contributed by atoms with Gasteiger partial charge in [0.05, 0.1) is 28.7 Å². The van der Waals surface area contributed by atoms with Crippen LogP contribution >= 0.6 is 11.6 Å². The number of benzene rings is 2. The summed E-state index contributed by atoms with van der Waals surface area (Å²) < 4.78 is 11.2. The van der Waals surface area contributed by atoms with Gasteiger partial charge in [-0.15, -0.1) is 0 Å². The minimum atomic E-state index is -0.528. The topological polar surface area (TPSA) is 93.9 Å². The smallest absolute Gasteiger partial charge is 0.270 e. The maximum atomic E-state index is 12.7. The number of rotatable bonds is 5. The number of nitro groups is 1. The molecule has 0 saturated carbocycles. The molecule has 3 rings (SSSR count). The number of non-ortho nitro benzene ring substituents is 1. The molecule has 0 aliphatic carbocycles. The Morgan fingerprint density at radius 3 is 2.71 bits per heavy atom. The Morgan fingerprint density at radius 2 is 2.00 bits per heavy atom. The lowest BCUT2D eigenvalue weighted by Gasteiger charge is -2.17. The van der Waals surface area contributed by atoms with E-state index in [4.69, 9.17) is 21.1 Å². The Kier molecular flexibility index (Phi) is 5.89. The maximum absolute atomic E-state index is 12.7. The minimum absolute atomic E-state index is 0.144. The summed E-state index contributed by atoms with van der Waals surface area (Å²) >= 11 is 6.28. The number of amides is 1.